The predicted molar refractivity (Wildman–Crippen MR) is 64.1 cm³/mol. The largest absolute Gasteiger partial charge is 0.480 e. The molecule has 0 saturated heterocycles. The fraction of sp³-hybridized carbons (Fsp3) is 0.909. The first-order chi connectivity index (χ1) is 7.26. The Kier molecular flexibility index (Phi) is 6.00. The third-order valence-electron chi connectivity index (χ3n) is 2.86. The van der Waals surface area contributed by atoms with E-state index >= 15 is 0 Å². The van der Waals surface area contributed by atoms with E-state index in [1.807, 2.05) is 13.8 Å². The number of rotatable bonds is 7. The van der Waals surface area contributed by atoms with Gasteiger partial charge in [-0.25, -0.2) is 8.42 Å². The summed E-state index contributed by atoms with van der Waals surface area (Å²) in [5, 5.41) is 7.69. The van der Waals surface area contributed by atoms with Crippen LogP contribution in [-0.2, 0) is 14.6 Å². The Bertz CT molecular complexity index is 315. The molecule has 0 radical (unpaired) electrons. The molecule has 1 atom stereocenters. The maximum atomic E-state index is 12.0. The van der Waals surface area contributed by atoms with Gasteiger partial charge < -0.3 is 5.11 Å². The zero-order valence-electron chi connectivity index (χ0n) is 10.4. The van der Waals surface area contributed by atoms with Gasteiger partial charge in [0.05, 0.1) is 5.75 Å². The molecule has 4 nitrogen and oxygen atoms in total. The molecule has 1 unspecified atom stereocenters. The topological polar surface area (TPSA) is 71.4 Å². The van der Waals surface area contributed by atoms with Crippen molar-refractivity contribution in [3.05, 3.63) is 0 Å². The van der Waals surface area contributed by atoms with Gasteiger partial charge in [0.1, 0.15) is 0 Å². The summed E-state index contributed by atoms with van der Waals surface area (Å²) in [4.78, 5) is 11.0. The number of hydrogen-bond acceptors (Lipinski definition) is 3. The van der Waals surface area contributed by atoms with Crippen molar-refractivity contribution in [1.29, 1.82) is 0 Å². The van der Waals surface area contributed by atoms with Crippen LogP contribution in [-0.4, -0.2) is 30.5 Å². The number of aliphatic carboxylic acids is 1. The highest BCUT2D eigenvalue weighted by molar-refractivity contribution is 7.92. The monoisotopic (exact) mass is 250 g/mol. The lowest BCUT2D eigenvalue weighted by atomic mass is 10.1. The van der Waals surface area contributed by atoms with Crippen LogP contribution in [0.4, 0.5) is 0 Å². The second-order valence-electron chi connectivity index (χ2n) is 4.51. The Morgan fingerprint density at radius 1 is 1.19 bits per heavy atom. The summed E-state index contributed by atoms with van der Waals surface area (Å²) in [6.07, 6.45) is 1.53. The van der Waals surface area contributed by atoms with Crippen LogP contribution in [0.3, 0.4) is 0 Å². The van der Waals surface area contributed by atoms with Crippen LogP contribution in [0.1, 0.15) is 40.5 Å². The number of carboxylic acids is 1. The minimum absolute atomic E-state index is 0.0187. The van der Waals surface area contributed by atoms with Gasteiger partial charge in [-0.15, -0.1) is 0 Å². The fourth-order valence-corrected chi connectivity index (χ4v) is 4.28. The molecule has 0 heterocycles. The van der Waals surface area contributed by atoms with E-state index in [9.17, 15) is 13.2 Å². The Hall–Kier alpha value is -0.580. The van der Waals surface area contributed by atoms with Crippen LogP contribution in [0.15, 0.2) is 0 Å². The minimum atomic E-state index is -3.54. The summed E-state index contributed by atoms with van der Waals surface area (Å²) < 4.78 is 23.9. The number of sulfone groups is 1. The second-order valence-corrected chi connectivity index (χ2v) is 6.68. The van der Waals surface area contributed by atoms with Gasteiger partial charge in [0.2, 0.25) is 0 Å². The molecule has 0 aromatic carbocycles. The average Bonchev–Trinajstić information content (AvgIpc) is 2.12. The van der Waals surface area contributed by atoms with E-state index in [-0.39, 0.29) is 11.7 Å². The zero-order valence-corrected chi connectivity index (χ0v) is 11.3. The molecule has 0 spiro atoms. The molecule has 0 saturated carbocycles. The van der Waals surface area contributed by atoms with E-state index in [4.69, 9.17) is 5.11 Å². The molecule has 5 heteroatoms. The van der Waals surface area contributed by atoms with Crippen molar-refractivity contribution in [2.24, 2.45) is 11.8 Å². The van der Waals surface area contributed by atoms with Crippen molar-refractivity contribution in [2.75, 3.05) is 5.75 Å². The van der Waals surface area contributed by atoms with Crippen molar-refractivity contribution < 1.29 is 18.3 Å². The van der Waals surface area contributed by atoms with Gasteiger partial charge in [0.15, 0.2) is 15.1 Å². The second kappa shape index (κ2) is 6.23. The third kappa shape index (κ3) is 4.12. The molecule has 0 bridgehead atoms. The molecular formula is C11H22O4S. The van der Waals surface area contributed by atoms with Crippen LogP contribution >= 0.6 is 0 Å². The summed E-state index contributed by atoms with van der Waals surface area (Å²) >= 11 is 0. The molecule has 0 rings (SSSR count). The highest BCUT2D eigenvalue weighted by Crippen LogP contribution is 2.19. The molecule has 1 N–H and O–H groups in total. The third-order valence-corrected chi connectivity index (χ3v) is 5.31. The SMILES string of the molecule is CCC(CC)CS(=O)(=O)C(C(=O)O)C(C)C. The molecule has 0 aromatic rings. The van der Waals surface area contributed by atoms with Gasteiger partial charge in [-0.05, 0) is 11.8 Å². The van der Waals surface area contributed by atoms with Gasteiger partial charge in [0.25, 0.3) is 0 Å². The van der Waals surface area contributed by atoms with Gasteiger partial charge in [-0.3, -0.25) is 4.79 Å². The van der Waals surface area contributed by atoms with E-state index in [1.54, 1.807) is 13.8 Å². The van der Waals surface area contributed by atoms with Crippen molar-refractivity contribution in [1.82, 2.24) is 0 Å². The summed E-state index contributed by atoms with van der Waals surface area (Å²) in [6, 6.07) is 0. The number of carbonyl (C=O) groups is 1. The highest BCUT2D eigenvalue weighted by atomic mass is 32.2. The quantitative estimate of drug-likeness (QED) is 0.749. The van der Waals surface area contributed by atoms with Crippen molar-refractivity contribution in [2.45, 2.75) is 45.8 Å². The van der Waals surface area contributed by atoms with E-state index in [2.05, 4.69) is 0 Å². The Labute approximate surface area is 98.0 Å². The maximum Gasteiger partial charge on any atom is 0.322 e. The lowest BCUT2D eigenvalue weighted by molar-refractivity contribution is -0.137. The summed E-state index contributed by atoms with van der Waals surface area (Å²) in [7, 11) is -3.54. The normalized spacial score (nSPS) is 14.4. The van der Waals surface area contributed by atoms with Crippen molar-refractivity contribution >= 4 is 15.8 Å². The van der Waals surface area contributed by atoms with Crippen LogP contribution in [0.25, 0.3) is 0 Å². The molecular weight excluding hydrogens is 228 g/mol. The van der Waals surface area contributed by atoms with E-state index < -0.39 is 27.0 Å². The van der Waals surface area contributed by atoms with Crippen LogP contribution in [0, 0.1) is 11.8 Å². The van der Waals surface area contributed by atoms with Crippen LogP contribution < -0.4 is 0 Å². The Balaban J connectivity index is 4.94. The van der Waals surface area contributed by atoms with Crippen LogP contribution in [0.2, 0.25) is 0 Å². The maximum absolute atomic E-state index is 12.0. The molecule has 16 heavy (non-hydrogen) atoms. The van der Waals surface area contributed by atoms with Gasteiger partial charge in [-0.2, -0.15) is 0 Å². The van der Waals surface area contributed by atoms with Crippen molar-refractivity contribution in [3.63, 3.8) is 0 Å². The smallest absolute Gasteiger partial charge is 0.322 e. The minimum Gasteiger partial charge on any atom is -0.480 e. The van der Waals surface area contributed by atoms with Gasteiger partial charge in [-0.1, -0.05) is 40.5 Å². The zero-order chi connectivity index (χ0) is 12.9. The predicted octanol–water partition coefficient (Wildman–Crippen LogP) is 1.95. The molecule has 0 aliphatic rings. The molecule has 96 valence electrons. The van der Waals surface area contributed by atoms with E-state index in [0.29, 0.717) is 0 Å². The number of hydrogen-bond donors (Lipinski definition) is 1. The lowest BCUT2D eigenvalue weighted by Crippen LogP contribution is -2.38. The fourth-order valence-electron chi connectivity index (χ4n) is 1.81. The Morgan fingerprint density at radius 2 is 1.62 bits per heavy atom. The molecule has 0 aliphatic heterocycles. The molecule has 0 fully saturated rings. The van der Waals surface area contributed by atoms with Gasteiger partial charge in [0, 0.05) is 0 Å². The lowest BCUT2D eigenvalue weighted by Gasteiger charge is -2.20. The van der Waals surface area contributed by atoms with Gasteiger partial charge >= 0.3 is 5.97 Å². The first-order valence-corrected chi connectivity index (χ1v) is 7.42. The molecule has 0 aliphatic carbocycles. The molecule has 0 aromatic heterocycles. The first-order valence-electron chi connectivity index (χ1n) is 5.70. The van der Waals surface area contributed by atoms with Crippen molar-refractivity contribution in [3.8, 4) is 0 Å². The number of carboxylic acid groups (broad SMARTS) is 1. The van der Waals surface area contributed by atoms with Crippen LogP contribution in [0.5, 0.6) is 0 Å². The van der Waals surface area contributed by atoms with E-state index in [0.717, 1.165) is 12.8 Å². The summed E-state index contributed by atoms with van der Waals surface area (Å²) in [5.74, 6) is -1.58. The average molecular weight is 250 g/mol. The summed E-state index contributed by atoms with van der Waals surface area (Å²) in [6.45, 7) is 7.11. The molecule has 0 amide bonds. The Morgan fingerprint density at radius 3 is 1.88 bits per heavy atom. The summed E-state index contributed by atoms with van der Waals surface area (Å²) in [5.41, 5.74) is 0. The standard InChI is InChI=1S/C11H22O4S/c1-5-9(6-2)7-16(14,15)10(8(3)4)11(12)13/h8-10H,5-7H2,1-4H3,(H,12,13). The first kappa shape index (κ1) is 15.4. The van der Waals surface area contributed by atoms with E-state index in [1.165, 1.54) is 0 Å². The highest BCUT2D eigenvalue weighted by Gasteiger charge is 2.36.